The van der Waals surface area contributed by atoms with Gasteiger partial charge in [-0.15, -0.1) is 11.3 Å². The Morgan fingerprint density at radius 2 is 2.53 bits per heavy atom. The molecule has 1 aromatic heterocycles. The maximum atomic E-state index is 11.6. The van der Waals surface area contributed by atoms with Crippen LogP contribution >= 0.6 is 24.0 Å². The van der Waals surface area contributed by atoms with Gasteiger partial charge >= 0.3 is 0 Å². The first-order chi connectivity index (χ1) is 7.29. The number of hydrogen-bond donors (Lipinski definition) is 1. The van der Waals surface area contributed by atoms with Gasteiger partial charge in [-0.2, -0.15) is 12.6 Å². The number of nitrogens with zero attached hydrogens (tertiary/aromatic N) is 2. The van der Waals surface area contributed by atoms with Crippen molar-refractivity contribution < 1.29 is 4.79 Å². The standard InChI is InChI=1S/C10H14N2OS2/c13-10-3-8(6-14)5-12(10)2-1-9-4-11-7-15-9/h4,7-8,14H,1-3,5-6H2. The second-order valence-electron chi connectivity index (χ2n) is 3.81. The van der Waals surface area contributed by atoms with Crippen LogP contribution in [0.3, 0.4) is 0 Å². The van der Waals surface area contributed by atoms with Gasteiger partial charge in [0.2, 0.25) is 5.91 Å². The van der Waals surface area contributed by atoms with Crippen LogP contribution in [0.4, 0.5) is 0 Å². The van der Waals surface area contributed by atoms with E-state index in [4.69, 9.17) is 0 Å². The van der Waals surface area contributed by atoms with Crippen molar-refractivity contribution in [3.05, 3.63) is 16.6 Å². The largest absolute Gasteiger partial charge is 0.342 e. The van der Waals surface area contributed by atoms with Crippen molar-refractivity contribution >= 4 is 29.9 Å². The fourth-order valence-corrected chi connectivity index (χ4v) is 2.64. The third-order valence-electron chi connectivity index (χ3n) is 2.66. The van der Waals surface area contributed by atoms with Gasteiger partial charge in [-0.25, -0.2) is 0 Å². The fourth-order valence-electron chi connectivity index (χ4n) is 1.80. The highest BCUT2D eigenvalue weighted by Gasteiger charge is 2.27. The van der Waals surface area contributed by atoms with E-state index in [1.807, 2.05) is 16.6 Å². The molecule has 15 heavy (non-hydrogen) atoms. The van der Waals surface area contributed by atoms with Gasteiger partial charge < -0.3 is 4.90 Å². The van der Waals surface area contributed by atoms with Gasteiger partial charge in [-0.05, 0) is 11.7 Å². The molecule has 1 unspecified atom stereocenters. The topological polar surface area (TPSA) is 33.2 Å². The van der Waals surface area contributed by atoms with Crippen molar-refractivity contribution in [3.8, 4) is 0 Å². The van der Waals surface area contributed by atoms with Crippen LogP contribution in [0.1, 0.15) is 11.3 Å². The molecule has 1 saturated heterocycles. The minimum atomic E-state index is 0.276. The van der Waals surface area contributed by atoms with Crippen molar-refractivity contribution in [1.29, 1.82) is 0 Å². The predicted molar refractivity (Wildman–Crippen MR) is 64.4 cm³/mol. The Morgan fingerprint density at radius 1 is 1.67 bits per heavy atom. The van der Waals surface area contributed by atoms with Crippen molar-refractivity contribution in [2.45, 2.75) is 12.8 Å². The van der Waals surface area contributed by atoms with E-state index in [1.54, 1.807) is 11.3 Å². The number of amides is 1. The van der Waals surface area contributed by atoms with Crippen molar-refractivity contribution in [1.82, 2.24) is 9.88 Å². The van der Waals surface area contributed by atoms with E-state index in [1.165, 1.54) is 4.88 Å². The van der Waals surface area contributed by atoms with Crippen molar-refractivity contribution in [2.24, 2.45) is 5.92 Å². The zero-order valence-corrected chi connectivity index (χ0v) is 10.1. The quantitative estimate of drug-likeness (QED) is 0.811. The first-order valence-corrected chi connectivity index (χ1v) is 6.57. The Kier molecular flexibility index (Phi) is 3.64. The van der Waals surface area contributed by atoms with E-state index in [0.29, 0.717) is 12.3 Å². The van der Waals surface area contributed by atoms with E-state index in [-0.39, 0.29) is 5.91 Å². The molecule has 5 heteroatoms. The molecule has 2 rings (SSSR count). The average Bonchev–Trinajstić information content (AvgIpc) is 2.84. The number of hydrogen-bond acceptors (Lipinski definition) is 4. The summed E-state index contributed by atoms with van der Waals surface area (Å²) in [6.07, 6.45) is 3.48. The summed E-state index contributed by atoms with van der Waals surface area (Å²) in [5.74, 6) is 1.53. The fraction of sp³-hybridized carbons (Fsp3) is 0.600. The van der Waals surface area contributed by atoms with Crippen molar-refractivity contribution in [3.63, 3.8) is 0 Å². The summed E-state index contributed by atoms with van der Waals surface area (Å²) in [6, 6.07) is 0. The summed E-state index contributed by atoms with van der Waals surface area (Å²) in [5, 5.41) is 0. The SMILES string of the molecule is O=C1CC(CS)CN1CCc1cncs1. The molecule has 82 valence electrons. The number of aromatic nitrogens is 1. The number of rotatable bonds is 4. The highest BCUT2D eigenvalue weighted by Crippen LogP contribution is 2.19. The molecule has 0 saturated carbocycles. The lowest BCUT2D eigenvalue weighted by Crippen LogP contribution is -2.27. The van der Waals surface area contributed by atoms with Crippen LogP contribution in [0.5, 0.6) is 0 Å². The molecule has 0 spiro atoms. The number of thiazole rings is 1. The predicted octanol–water partition coefficient (Wildman–Crippen LogP) is 1.46. The maximum Gasteiger partial charge on any atom is 0.222 e. The Hall–Kier alpha value is -0.550. The van der Waals surface area contributed by atoms with Gasteiger partial charge in [0.1, 0.15) is 0 Å². The van der Waals surface area contributed by atoms with Crippen LogP contribution in [0.15, 0.2) is 11.7 Å². The van der Waals surface area contributed by atoms with Crippen molar-refractivity contribution in [2.75, 3.05) is 18.8 Å². The Bertz CT molecular complexity index is 326. The number of carbonyl (C=O) groups is 1. The van der Waals surface area contributed by atoms with E-state index in [2.05, 4.69) is 17.6 Å². The molecule has 0 N–H and O–H groups in total. The number of likely N-dealkylation sites (tertiary alicyclic amines) is 1. The molecule has 0 bridgehead atoms. The molecule has 3 nitrogen and oxygen atoms in total. The normalized spacial score (nSPS) is 21.3. The molecule has 1 aliphatic heterocycles. The third-order valence-corrected chi connectivity index (χ3v) is 4.02. The molecular formula is C10H14N2OS2. The zero-order valence-electron chi connectivity index (χ0n) is 8.43. The molecule has 1 fully saturated rings. The summed E-state index contributed by atoms with van der Waals surface area (Å²) >= 11 is 5.89. The highest BCUT2D eigenvalue weighted by atomic mass is 32.1. The first kappa shape index (κ1) is 11.0. The van der Waals surface area contributed by atoms with Crippen LogP contribution in [-0.2, 0) is 11.2 Å². The van der Waals surface area contributed by atoms with Gasteiger partial charge in [0.15, 0.2) is 0 Å². The first-order valence-electron chi connectivity index (χ1n) is 5.05. The van der Waals surface area contributed by atoms with Crippen LogP contribution in [0, 0.1) is 5.92 Å². The second kappa shape index (κ2) is 4.99. The molecule has 1 aromatic rings. The molecule has 1 aliphatic rings. The maximum absolute atomic E-state index is 11.6. The smallest absolute Gasteiger partial charge is 0.222 e. The van der Waals surface area contributed by atoms with Gasteiger partial charge in [0, 0.05) is 37.0 Å². The van der Waals surface area contributed by atoms with E-state index >= 15 is 0 Å². The number of thiol groups is 1. The van der Waals surface area contributed by atoms with E-state index < -0.39 is 0 Å². The zero-order chi connectivity index (χ0) is 10.7. The molecule has 1 atom stereocenters. The number of carbonyl (C=O) groups excluding carboxylic acids is 1. The van der Waals surface area contributed by atoms with E-state index in [9.17, 15) is 4.79 Å². The molecule has 0 aliphatic carbocycles. The lowest BCUT2D eigenvalue weighted by atomic mass is 10.1. The van der Waals surface area contributed by atoms with Gasteiger partial charge in [-0.1, -0.05) is 0 Å². The minimum Gasteiger partial charge on any atom is -0.342 e. The van der Waals surface area contributed by atoms with Crippen LogP contribution in [0.25, 0.3) is 0 Å². The summed E-state index contributed by atoms with van der Waals surface area (Å²) in [4.78, 5) is 18.8. The Morgan fingerprint density at radius 3 is 3.13 bits per heavy atom. The molecule has 0 aromatic carbocycles. The van der Waals surface area contributed by atoms with E-state index in [0.717, 1.165) is 25.3 Å². The Balaban J connectivity index is 1.83. The monoisotopic (exact) mass is 242 g/mol. The average molecular weight is 242 g/mol. The van der Waals surface area contributed by atoms with Crippen LogP contribution in [-0.4, -0.2) is 34.6 Å². The summed E-state index contributed by atoms with van der Waals surface area (Å²) in [6.45, 7) is 1.70. The third kappa shape index (κ3) is 2.72. The van der Waals surface area contributed by atoms with Gasteiger partial charge in [0.05, 0.1) is 5.51 Å². The van der Waals surface area contributed by atoms with Crippen LogP contribution in [0.2, 0.25) is 0 Å². The molecule has 0 radical (unpaired) electrons. The summed E-state index contributed by atoms with van der Waals surface area (Å²) in [7, 11) is 0. The second-order valence-corrected chi connectivity index (χ2v) is 5.15. The van der Waals surface area contributed by atoms with Gasteiger partial charge in [0.25, 0.3) is 0 Å². The molecule has 2 heterocycles. The Labute approximate surface area is 98.9 Å². The molecular weight excluding hydrogens is 228 g/mol. The lowest BCUT2D eigenvalue weighted by Gasteiger charge is -2.15. The highest BCUT2D eigenvalue weighted by molar-refractivity contribution is 7.80. The summed E-state index contributed by atoms with van der Waals surface area (Å²) in [5.41, 5.74) is 1.83. The lowest BCUT2D eigenvalue weighted by molar-refractivity contribution is -0.127. The van der Waals surface area contributed by atoms with Gasteiger partial charge in [-0.3, -0.25) is 9.78 Å². The van der Waals surface area contributed by atoms with Crippen LogP contribution < -0.4 is 0 Å². The molecule has 1 amide bonds. The summed E-state index contributed by atoms with van der Waals surface area (Å²) < 4.78 is 0. The minimum absolute atomic E-state index is 0.276.